The molecule has 0 aliphatic carbocycles. The van der Waals surface area contributed by atoms with Crippen molar-refractivity contribution in [3.8, 4) is 6.07 Å². The number of alkyl halides is 3. The molecule has 0 N–H and O–H groups in total. The number of halogens is 3. The molecular weight excluding hydrogens is 331 g/mol. The number of carbonyl (C=O) groups is 1. The summed E-state index contributed by atoms with van der Waals surface area (Å²) in [4.78, 5) is 18.0. The third-order valence-corrected chi connectivity index (χ3v) is 3.58. The van der Waals surface area contributed by atoms with E-state index in [1.54, 1.807) is 18.5 Å². The quantitative estimate of drug-likeness (QED) is 0.802. The predicted octanol–water partition coefficient (Wildman–Crippen LogP) is 3.59. The second-order valence-corrected chi connectivity index (χ2v) is 5.46. The van der Waals surface area contributed by atoms with Gasteiger partial charge in [0.05, 0.1) is 24.5 Å². The van der Waals surface area contributed by atoms with Crippen LogP contribution >= 0.6 is 0 Å². The van der Waals surface area contributed by atoms with Crippen LogP contribution < -0.4 is 0 Å². The van der Waals surface area contributed by atoms with E-state index in [4.69, 9.17) is 5.26 Å². The summed E-state index contributed by atoms with van der Waals surface area (Å²) in [5, 5.41) is 8.75. The van der Waals surface area contributed by atoms with Gasteiger partial charge >= 0.3 is 6.18 Å². The first-order valence-corrected chi connectivity index (χ1v) is 7.60. The minimum absolute atomic E-state index is 0.0240. The van der Waals surface area contributed by atoms with Crippen LogP contribution in [0.15, 0.2) is 48.8 Å². The molecule has 1 heterocycles. The molecule has 7 heteroatoms. The van der Waals surface area contributed by atoms with Gasteiger partial charge in [-0.15, -0.1) is 0 Å². The fraction of sp³-hybridized carbons (Fsp3) is 0.278. The van der Waals surface area contributed by atoms with Gasteiger partial charge in [-0.25, -0.2) is 0 Å². The molecule has 25 heavy (non-hydrogen) atoms. The van der Waals surface area contributed by atoms with Gasteiger partial charge in [0.1, 0.15) is 0 Å². The number of pyridine rings is 1. The molecule has 1 amide bonds. The van der Waals surface area contributed by atoms with Gasteiger partial charge in [-0.1, -0.05) is 18.2 Å². The number of carbonyl (C=O) groups excluding carboxylic acids is 1. The Bertz CT molecular complexity index is 737. The first-order valence-electron chi connectivity index (χ1n) is 7.60. The maximum atomic E-state index is 12.6. The van der Waals surface area contributed by atoms with Crippen molar-refractivity contribution < 1.29 is 18.0 Å². The Morgan fingerprint density at radius 1 is 1.16 bits per heavy atom. The average Bonchev–Trinajstić information content (AvgIpc) is 2.59. The van der Waals surface area contributed by atoms with Crippen molar-refractivity contribution in [2.24, 2.45) is 0 Å². The van der Waals surface area contributed by atoms with Crippen molar-refractivity contribution in [2.45, 2.75) is 25.6 Å². The molecular formula is C18H16F3N3O. The summed E-state index contributed by atoms with van der Waals surface area (Å²) in [5.74, 6) is -0.251. The van der Waals surface area contributed by atoms with E-state index in [-0.39, 0.29) is 25.3 Å². The zero-order valence-corrected chi connectivity index (χ0v) is 13.3. The van der Waals surface area contributed by atoms with Crippen molar-refractivity contribution in [3.05, 3.63) is 65.5 Å². The number of aromatic nitrogens is 1. The second-order valence-electron chi connectivity index (χ2n) is 5.46. The lowest BCUT2D eigenvalue weighted by atomic mass is 10.1. The lowest BCUT2D eigenvalue weighted by molar-refractivity contribution is -0.137. The first-order chi connectivity index (χ1) is 11.9. The molecule has 0 spiro atoms. The fourth-order valence-electron chi connectivity index (χ4n) is 2.29. The Morgan fingerprint density at radius 3 is 2.44 bits per heavy atom. The fourth-order valence-corrected chi connectivity index (χ4v) is 2.29. The van der Waals surface area contributed by atoms with Crippen molar-refractivity contribution in [2.75, 3.05) is 6.54 Å². The summed E-state index contributed by atoms with van der Waals surface area (Å²) in [5.41, 5.74) is 0.563. The maximum Gasteiger partial charge on any atom is 0.416 e. The molecule has 0 saturated carbocycles. The van der Waals surface area contributed by atoms with Gasteiger partial charge < -0.3 is 4.90 Å². The number of nitrogens with zero attached hydrogens (tertiary/aromatic N) is 3. The van der Waals surface area contributed by atoms with E-state index in [2.05, 4.69) is 4.98 Å². The summed E-state index contributed by atoms with van der Waals surface area (Å²) in [7, 11) is 0. The highest BCUT2D eigenvalue weighted by atomic mass is 19.4. The average molecular weight is 347 g/mol. The zero-order chi connectivity index (χ0) is 18.3. The summed E-state index contributed by atoms with van der Waals surface area (Å²) in [6.45, 7) is 0.555. The number of nitriles is 1. The van der Waals surface area contributed by atoms with Gasteiger partial charge in [-0.3, -0.25) is 9.78 Å². The second kappa shape index (κ2) is 8.29. The molecule has 1 aromatic carbocycles. The standard InChI is InChI=1S/C18H16F3N3O/c19-18(20,21)16-6-4-14(5-7-16)11-17(25)24(10-2-8-22)13-15-3-1-9-23-12-15/h1,3-7,9,12H,2,10-11,13H2. The Labute approximate surface area is 143 Å². The summed E-state index contributed by atoms with van der Waals surface area (Å²) < 4.78 is 37.7. The van der Waals surface area contributed by atoms with Gasteiger partial charge in [0, 0.05) is 25.5 Å². The van der Waals surface area contributed by atoms with Crippen molar-refractivity contribution >= 4 is 5.91 Å². The van der Waals surface area contributed by atoms with Crippen molar-refractivity contribution in [1.82, 2.24) is 9.88 Å². The lowest BCUT2D eigenvalue weighted by Crippen LogP contribution is -2.32. The maximum absolute atomic E-state index is 12.6. The van der Waals surface area contributed by atoms with Crippen LogP contribution in [0.4, 0.5) is 13.2 Å². The van der Waals surface area contributed by atoms with E-state index in [1.807, 2.05) is 12.1 Å². The van der Waals surface area contributed by atoms with E-state index in [9.17, 15) is 18.0 Å². The minimum atomic E-state index is -4.40. The van der Waals surface area contributed by atoms with E-state index < -0.39 is 11.7 Å². The highest BCUT2D eigenvalue weighted by molar-refractivity contribution is 5.78. The predicted molar refractivity (Wildman–Crippen MR) is 85.0 cm³/mol. The molecule has 0 radical (unpaired) electrons. The largest absolute Gasteiger partial charge is 0.416 e. The van der Waals surface area contributed by atoms with Crippen molar-refractivity contribution in [3.63, 3.8) is 0 Å². The molecule has 2 aromatic rings. The third kappa shape index (κ3) is 5.60. The lowest BCUT2D eigenvalue weighted by Gasteiger charge is -2.22. The number of hydrogen-bond donors (Lipinski definition) is 0. The molecule has 0 bridgehead atoms. The molecule has 0 saturated heterocycles. The molecule has 0 unspecified atom stereocenters. The van der Waals surface area contributed by atoms with Crippen LogP contribution in [-0.4, -0.2) is 22.3 Å². The SMILES string of the molecule is N#CCCN(Cc1cccnc1)C(=O)Cc1ccc(C(F)(F)F)cc1. The Balaban J connectivity index is 2.07. The third-order valence-electron chi connectivity index (χ3n) is 3.58. The van der Waals surface area contributed by atoms with Gasteiger partial charge in [-0.05, 0) is 29.3 Å². The summed E-state index contributed by atoms with van der Waals surface area (Å²) in [6.07, 6.45) is -0.998. The van der Waals surface area contributed by atoms with Gasteiger partial charge in [0.25, 0.3) is 0 Å². The monoisotopic (exact) mass is 347 g/mol. The van der Waals surface area contributed by atoms with Crippen LogP contribution in [0, 0.1) is 11.3 Å². The molecule has 0 atom stereocenters. The van der Waals surface area contributed by atoms with Crippen LogP contribution in [0.1, 0.15) is 23.1 Å². The first kappa shape index (κ1) is 18.5. The van der Waals surface area contributed by atoms with E-state index in [1.165, 1.54) is 17.0 Å². The zero-order valence-electron chi connectivity index (χ0n) is 13.3. The molecule has 1 aromatic heterocycles. The van der Waals surface area contributed by atoms with Crippen molar-refractivity contribution in [1.29, 1.82) is 5.26 Å². The molecule has 4 nitrogen and oxygen atoms in total. The van der Waals surface area contributed by atoms with Crippen LogP contribution in [0.5, 0.6) is 0 Å². The van der Waals surface area contributed by atoms with E-state index >= 15 is 0 Å². The van der Waals surface area contributed by atoms with Gasteiger partial charge in [0.15, 0.2) is 0 Å². The summed E-state index contributed by atoms with van der Waals surface area (Å²) >= 11 is 0. The van der Waals surface area contributed by atoms with Gasteiger partial charge in [-0.2, -0.15) is 18.4 Å². The Morgan fingerprint density at radius 2 is 1.88 bits per heavy atom. The topological polar surface area (TPSA) is 57.0 Å². The van der Waals surface area contributed by atoms with E-state index in [0.29, 0.717) is 12.1 Å². The molecule has 0 fully saturated rings. The Kier molecular flexibility index (Phi) is 6.12. The Hall–Kier alpha value is -2.88. The molecule has 0 aliphatic rings. The molecule has 2 rings (SSSR count). The van der Waals surface area contributed by atoms with Crippen LogP contribution in [0.2, 0.25) is 0 Å². The molecule has 0 aliphatic heterocycles. The van der Waals surface area contributed by atoms with E-state index in [0.717, 1.165) is 17.7 Å². The van der Waals surface area contributed by atoms with Gasteiger partial charge in [0.2, 0.25) is 5.91 Å². The number of benzene rings is 1. The minimum Gasteiger partial charge on any atom is -0.337 e. The smallest absolute Gasteiger partial charge is 0.337 e. The number of rotatable bonds is 6. The highest BCUT2D eigenvalue weighted by Gasteiger charge is 2.30. The van der Waals surface area contributed by atoms with Crippen LogP contribution in [0.3, 0.4) is 0 Å². The highest BCUT2D eigenvalue weighted by Crippen LogP contribution is 2.29. The number of amides is 1. The van der Waals surface area contributed by atoms with Crippen LogP contribution in [0.25, 0.3) is 0 Å². The normalized spacial score (nSPS) is 11.0. The summed E-state index contributed by atoms with van der Waals surface area (Å²) in [6, 6.07) is 10.1. The van der Waals surface area contributed by atoms with Crippen LogP contribution in [-0.2, 0) is 23.9 Å². The molecule has 130 valence electrons. The number of hydrogen-bond acceptors (Lipinski definition) is 3.